The first-order chi connectivity index (χ1) is 14.5. The molecule has 1 saturated heterocycles. The van der Waals surface area contributed by atoms with Crippen LogP contribution < -0.4 is 0 Å². The summed E-state index contributed by atoms with van der Waals surface area (Å²) < 4.78 is 29.5. The van der Waals surface area contributed by atoms with Crippen molar-refractivity contribution in [1.29, 1.82) is 0 Å². The van der Waals surface area contributed by atoms with Crippen LogP contribution in [0.25, 0.3) is 16.4 Å². The van der Waals surface area contributed by atoms with Crippen molar-refractivity contribution in [3.05, 3.63) is 78.8 Å². The van der Waals surface area contributed by atoms with Gasteiger partial charge in [-0.2, -0.15) is 4.31 Å². The van der Waals surface area contributed by atoms with Crippen LogP contribution in [0.3, 0.4) is 0 Å². The van der Waals surface area contributed by atoms with E-state index in [1.54, 1.807) is 27.6 Å². The molecule has 0 radical (unpaired) electrons. The Morgan fingerprint density at radius 2 is 1.60 bits per heavy atom. The van der Waals surface area contributed by atoms with Crippen LogP contribution in [0.1, 0.15) is 10.5 Å². The van der Waals surface area contributed by atoms with Crippen LogP contribution in [0, 0.1) is 0 Å². The largest absolute Gasteiger partial charge is 0.335 e. The number of carbonyl (C=O) groups is 1. The molecule has 2 aromatic heterocycles. The Morgan fingerprint density at radius 1 is 0.867 bits per heavy atom. The molecule has 0 bridgehead atoms. The first kappa shape index (κ1) is 18.8. The number of pyridine rings is 1. The summed E-state index contributed by atoms with van der Waals surface area (Å²) in [5, 5.41) is 1.89. The quantitative estimate of drug-likeness (QED) is 0.511. The third kappa shape index (κ3) is 3.24. The number of sulfonamides is 1. The lowest BCUT2D eigenvalue weighted by Crippen LogP contribution is -2.50. The van der Waals surface area contributed by atoms with E-state index in [0.29, 0.717) is 24.4 Å². The normalized spacial score (nSPS) is 15.7. The highest BCUT2D eigenvalue weighted by atomic mass is 32.2. The van der Waals surface area contributed by atoms with Crippen molar-refractivity contribution in [2.24, 2.45) is 0 Å². The van der Waals surface area contributed by atoms with Gasteiger partial charge in [0.25, 0.3) is 5.91 Å². The highest BCUT2D eigenvalue weighted by molar-refractivity contribution is 7.89. The van der Waals surface area contributed by atoms with Crippen molar-refractivity contribution in [2.75, 3.05) is 26.2 Å². The van der Waals surface area contributed by atoms with Gasteiger partial charge in [0.2, 0.25) is 10.0 Å². The first-order valence-corrected chi connectivity index (χ1v) is 11.2. The molecule has 8 heteroatoms. The molecule has 0 unspecified atom stereocenters. The number of fused-ring (bicyclic) bond motifs is 2. The smallest absolute Gasteiger partial charge is 0.274 e. The molecular formula is C22H20N4O3S. The van der Waals surface area contributed by atoms with Crippen molar-refractivity contribution in [3.63, 3.8) is 0 Å². The Morgan fingerprint density at radius 3 is 2.37 bits per heavy atom. The predicted octanol–water partition coefficient (Wildman–Crippen LogP) is 2.63. The Balaban J connectivity index is 1.32. The summed E-state index contributed by atoms with van der Waals surface area (Å²) in [5.74, 6) is -0.179. The number of benzene rings is 2. The van der Waals surface area contributed by atoms with Gasteiger partial charge in [-0.3, -0.25) is 4.79 Å². The van der Waals surface area contributed by atoms with Crippen LogP contribution >= 0.6 is 0 Å². The topological polar surface area (TPSA) is 75.0 Å². The van der Waals surface area contributed by atoms with Crippen molar-refractivity contribution in [2.45, 2.75) is 4.90 Å². The monoisotopic (exact) mass is 420 g/mol. The number of amides is 1. The molecule has 152 valence electrons. The van der Waals surface area contributed by atoms with Gasteiger partial charge in [0.15, 0.2) is 0 Å². The maximum absolute atomic E-state index is 13.1. The van der Waals surface area contributed by atoms with Gasteiger partial charge in [-0.15, -0.1) is 0 Å². The minimum atomic E-state index is -3.61. The van der Waals surface area contributed by atoms with Crippen LogP contribution in [0.2, 0.25) is 0 Å². The van der Waals surface area contributed by atoms with Crippen molar-refractivity contribution < 1.29 is 13.2 Å². The minimum absolute atomic E-state index is 0.179. The maximum atomic E-state index is 13.1. The molecule has 4 aromatic rings. The van der Waals surface area contributed by atoms with Crippen LogP contribution in [0.15, 0.2) is 78.0 Å². The second-order valence-corrected chi connectivity index (χ2v) is 9.24. The summed E-state index contributed by atoms with van der Waals surface area (Å²) in [5.41, 5.74) is 1.07. The number of imidazole rings is 1. The molecule has 0 spiro atoms. The third-order valence-electron chi connectivity index (χ3n) is 5.47. The zero-order valence-electron chi connectivity index (χ0n) is 16.2. The number of nitrogens with zero attached hydrogens (tertiary/aromatic N) is 4. The second-order valence-electron chi connectivity index (χ2n) is 7.30. The predicted molar refractivity (Wildman–Crippen MR) is 114 cm³/mol. The fourth-order valence-corrected chi connectivity index (χ4v) is 5.27. The fourth-order valence-electron chi connectivity index (χ4n) is 3.81. The van der Waals surface area contributed by atoms with E-state index in [1.165, 1.54) is 4.31 Å². The van der Waals surface area contributed by atoms with Crippen LogP contribution in [0.5, 0.6) is 0 Å². The Labute approximate surface area is 174 Å². The summed E-state index contributed by atoms with van der Waals surface area (Å²) >= 11 is 0. The van der Waals surface area contributed by atoms with Crippen LogP contribution in [0.4, 0.5) is 0 Å². The summed E-state index contributed by atoms with van der Waals surface area (Å²) in [6.07, 6.45) is 3.54. The van der Waals surface area contributed by atoms with Gasteiger partial charge < -0.3 is 9.30 Å². The number of piperazine rings is 1. The van der Waals surface area contributed by atoms with Crippen LogP contribution in [-0.4, -0.2) is 59.1 Å². The molecule has 5 rings (SSSR count). The van der Waals surface area contributed by atoms with E-state index in [1.807, 2.05) is 54.7 Å². The lowest BCUT2D eigenvalue weighted by atomic mass is 10.1. The number of aromatic nitrogens is 2. The molecular weight excluding hydrogens is 400 g/mol. The maximum Gasteiger partial charge on any atom is 0.274 e. The van der Waals surface area contributed by atoms with E-state index in [2.05, 4.69) is 4.98 Å². The van der Waals surface area contributed by atoms with Gasteiger partial charge in [0.05, 0.1) is 4.90 Å². The second kappa shape index (κ2) is 7.23. The van der Waals surface area contributed by atoms with Gasteiger partial charge in [-0.1, -0.05) is 36.4 Å². The standard InChI is InChI=1S/C22H20N4O3S/c27-22(20-16-25-10-4-3-7-21(25)23-20)24-11-13-26(14-12-24)30(28,29)19-9-8-17-5-1-2-6-18(17)15-19/h1-10,15-16H,11-14H2. The molecule has 0 aliphatic carbocycles. The van der Waals surface area contributed by atoms with E-state index in [-0.39, 0.29) is 23.9 Å². The lowest BCUT2D eigenvalue weighted by Gasteiger charge is -2.33. The molecule has 1 aliphatic rings. The average molecular weight is 420 g/mol. The van der Waals surface area contributed by atoms with Gasteiger partial charge >= 0.3 is 0 Å². The van der Waals surface area contributed by atoms with Gasteiger partial charge in [0, 0.05) is 38.6 Å². The average Bonchev–Trinajstić information content (AvgIpc) is 3.22. The SMILES string of the molecule is O=C(c1cn2ccccc2n1)N1CCN(S(=O)(=O)c2ccc3ccccc3c2)CC1. The molecule has 1 fully saturated rings. The summed E-state index contributed by atoms with van der Waals surface area (Å²) in [4.78, 5) is 19.1. The molecule has 2 aromatic carbocycles. The zero-order valence-corrected chi connectivity index (χ0v) is 17.0. The Hall–Kier alpha value is -3.23. The van der Waals surface area contributed by atoms with E-state index in [0.717, 1.165) is 10.8 Å². The molecule has 1 aliphatic heterocycles. The number of carbonyl (C=O) groups excluding carboxylic acids is 1. The van der Waals surface area contributed by atoms with Gasteiger partial charge in [0.1, 0.15) is 11.3 Å². The van der Waals surface area contributed by atoms with Gasteiger partial charge in [-0.25, -0.2) is 13.4 Å². The molecule has 7 nitrogen and oxygen atoms in total. The van der Waals surface area contributed by atoms with Crippen LogP contribution in [-0.2, 0) is 10.0 Å². The zero-order chi connectivity index (χ0) is 20.7. The van der Waals surface area contributed by atoms with E-state index in [9.17, 15) is 13.2 Å². The molecule has 3 heterocycles. The third-order valence-corrected chi connectivity index (χ3v) is 7.36. The molecule has 0 N–H and O–H groups in total. The van der Waals surface area contributed by atoms with Crippen molar-refractivity contribution in [3.8, 4) is 0 Å². The Kier molecular flexibility index (Phi) is 4.52. The highest BCUT2D eigenvalue weighted by Gasteiger charge is 2.31. The minimum Gasteiger partial charge on any atom is -0.335 e. The Bertz CT molecular complexity index is 1320. The summed E-state index contributed by atoms with van der Waals surface area (Å²) in [6, 6.07) is 18.4. The van der Waals surface area contributed by atoms with Gasteiger partial charge in [-0.05, 0) is 35.0 Å². The van der Waals surface area contributed by atoms with Crippen molar-refractivity contribution >= 4 is 32.4 Å². The molecule has 30 heavy (non-hydrogen) atoms. The fraction of sp³-hybridized carbons (Fsp3) is 0.182. The first-order valence-electron chi connectivity index (χ1n) is 9.74. The highest BCUT2D eigenvalue weighted by Crippen LogP contribution is 2.23. The number of rotatable bonds is 3. The van der Waals surface area contributed by atoms with E-state index < -0.39 is 10.0 Å². The summed E-state index contributed by atoms with van der Waals surface area (Å²) in [6.45, 7) is 1.18. The lowest BCUT2D eigenvalue weighted by molar-refractivity contribution is 0.0692. The van der Waals surface area contributed by atoms with E-state index in [4.69, 9.17) is 0 Å². The molecule has 0 atom stereocenters. The number of hydrogen-bond donors (Lipinski definition) is 0. The molecule has 1 amide bonds. The summed E-state index contributed by atoms with van der Waals surface area (Å²) in [7, 11) is -3.61. The molecule has 0 saturated carbocycles. The van der Waals surface area contributed by atoms with E-state index >= 15 is 0 Å². The number of hydrogen-bond acceptors (Lipinski definition) is 4. The van der Waals surface area contributed by atoms with Crippen molar-refractivity contribution in [1.82, 2.24) is 18.6 Å².